The second-order valence-corrected chi connectivity index (χ2v) is 25.9. The number of hydrogen-bond acceptors (Lipinski definition) is 24. The number of aliphatic hydroxyl groups is 16. The molecule has 16 N–H and O–H groups in total. The van der Waals surface area contributed by atoms with Gasteiger partial charge in [0.2, 0.25) is 0 Å². The summed E-state index contributed by atoms with van der Waals surface area (Å²) in [6, 6.07) is 0. The van der Waals surface area contributed by atoms with Gasteiger partial charge in [0.05, 0.1) is 50.3 Å². The molecule has 4 aliphatic heterocycles. The molecule has 0 spiro atoms. The molecule has 4 aliphatic carbocycles. The van der Waals surface area contributed by atoms with E-state index in [0.717, 1.165) is 5.57 Å². The summed E-state index contributed by atoms with van der Waals surface area (Å²) in [4.78, 5) is 0. The number of fused-ring (bicyclic) bond motifs is 5. The second-order valence-electron chi connectivity index (χ2n) is 25.9. The van der Waals surface area contributed by atoms with Crippen LogP contribution in [0.1, 0.15) is 107 Å². The van der Waals surface area contributed by atoms with Crippen molar-refractivity contribution in [1.82, 2.24) is 0 Å². The Morgan fingerprint density at radius 3 is 1.65 bits per heavy atom. The van der Waals surface area contributed by atoms with E-state index in [2.05, 4.69) is 26.8 Å². The van der Waals surface area contributed by atoms with E-state index in [0.29, 0.717) is 51.4 Å². The Labute approximate surface area is 455 Å². The highest BCUT2D eigenvalue weighted by atomic mass is 16.8. The summed E-state index contributed by atoms with van der Waals surface area (Å²) in [5, 5.41) is 175. The number of rotatable bonds is 16. The minimum absolute atomic E-state index is 0.139. The van der Waals surface area contributed by atoms with E-state index in [1.165, 1.54) is 0 Å². The van der Waals surface area contributed by atoms with Crippen molar-refractivity contribution >= 4 is 0 Å². The van der Waals surface area contributed by atoms with Crippen LogP contribution in [0.25, 0.3) is 0 Å². The molecule has 8 aliphatic rings. The number of aliphatic hydroxyl groups excluding tert-OH is 16. The average Bonchev–Trinajstić information content (AvgIpc) is 3.93. The Morgan fingerprint density at radius 1 is 0.564 bits per heavy atom. The highest BCUT2D eigenvalue weighted by Gasteiger charge is 2.74. The number of allylic oxidation sites excluding steroid dienone is 2. The van der Waals surface area contributed by atoms with Gasteiger partial charge in [0.25, 0.3) is 0 Å². The molecule has 4 heterocycles. The fourth-order valence-electron chi connectivity index (χ4n) is 16.4. The Morgan fingerprint density at radius 2 is 1.08 bits per heavy atom. The molecule has 0 bridgehead atoms. The second kappa shape index (κ2) is 23.7. The van der Waals surface area contributed by atoms with Gasteiger partial charge in [0.1, 0.15) is 97.7 Å². The summed E-state index contributed by atoms with van der Waals surface area (Å²) in [6.45, 7) is 13.7. The Bertz CT molecular complexity index is 2030. The van der Waals surface area contributed by atoms with Crippen LogP contribution in [0.15, 0.2) is 11.6 Å². The monoisotopic (exact) mass is 1120 g/mol. The van der Waals surface area contributed by atoms with Crippen molar-refractivity contribution in [3.63, 3.8) is 0 Å². The fourth-order valence-corrected chi connectivity index (χ4v) is 16.4. The maximum Gasteiger partial charge on any atom is 0.187 e. The van der Waals surface area contributed by atoms with Crippen LogP contribution < -0.4 is 0 Å². The standard InChI is InChI=1S/C54H92O24/c1-22(2)10-9-13-54(8,78-48-43(70)39(66)36(63)29(75-48)21-71-46-41(68)37(64)33(60)26(18-55)72-46)23-11-15-52(6)32(23)24(58)16-30-51(5)14-12-31(50(3,4)45(51)25(59)17-53(30,52)7)76-49-44(40(67)35(62)28(20-57)74-49)77-47-42(69)38(65)34(61)27(19-56)73-47/h10,23-49,55-70H,9,11-21H2,1-8H3/t23-,24+,25+,26-,27-,28-,29-,30-,31+,32+,33-,34-,35-,36-,37+,38+,39+,40+,41-,42-,43-,44-,45+,46-,47+,48+,49+,51+,52-,53-,54+/m1/s1. The lowest BCUT2D eigenvalue weighted by atomic mass is 9.34. The average molecular weight is 1130 g/mol. The van der Waals surface area contributed by atoms with Crippen LogP contribution in [0, 0.1) is 45.3 Å². The van der Waals surface area contributed by atoms with Crippen LogP contribution >= 0.6 is 0 Å². The van der Waals surface area contributed by atoms with Gasteiger partial charge in [-0.05, 0) is 117 Å². The van der Waals surface area contributed by atoms with Gasteiger partial charge < -0.3 is 120 Å². The largest absolute Gasteiger partial charge is 0.394 e. The molecule has 0 aromatic heterocycles. The smallest absolute Gasteiger partial charge is 0.187 e. The summed E-state index contributed by atoms with van der Waals surface area (Å²) >= 11 is 0. The lowest BCUT2D eigenvalue weighted by Gasteiger charge is -2.71. The van der Waals surface area contributed by atoms with E-state index in [-0.39, 0.29) is 11.8 Å². The maximum atomic E-state index is 12.8. The predicted octanol–water partition coefficient (Wildman–Crippen LogP) is -3.23. The molecular formula is C54H92O24. The van der Waals surface area contributed by atoms with E-state index >= 15 is 0 Å². The molecule has 8 rings (SSSR count). The molecule has 24 heteroatoms. The summed E-state index contributed by atoms with van der Waals surface area (Å²) < 4.78 is 48.7. The van der Waals surface area contributed by atoms with E-state index in [1.54, 1.807) is 0 Å². The van der Waals surface area contributed by atoms with Crippen LogP contribution in [0.3, 0.4) is 0 Å². The third-order valence-electron chi connectivity index (χ3n) is 20.8. The number of ether oxygens (including phenoxy) is 8. The quantitative estimate of drug-likeness (QED) is 0.0534. The molecule has 0 radical (unpaired) electrons. The molecule has 4 saturated heterocycles. The zero-order chi connectivity index (χ0) is 57.5. The molecule has 0 aromatic rings. The summed E-state index contributed by atoms with van der Waals surface area (Å²) in [6.07, 6.45) is -29.1. The minimum Gasteiger partial charge on any atom is -0.394 e. The van der Waals surface area contributed by atoms with Gasteiger partial charge in [-0.25, -0.2) is 0 Å². The van der Waals surface area contributed by atoms with Crippen molar-refractivity contribution in [1.29, 1.82) is 0 Å². The lowest BCUT2D eigenvalue weighted by molar-refractivity contribution is -0.380. The van der Waals surface area contributed by atoms with E-state index < -0.39 is 207 Å². The SMILES string of the molecule is CC(C)=CCC[C@](C)(O[C@@H]1O[C@H](CO[C@@H]2O[C@H](CO)[C@@H](O)[C@H](O)[C@H]2O)[C@@H](O)[C@H](O)[C@H]1O)[C@@H]1CC[C@]2(C)[C@@H]1[C@@H](O)C[C@@H]1[C@]3(C)CC[C@H](O[C@@H]4O[C@H](CO)[C@@H](O)[C@H](O)[C@H]4O[C@@H]4O[C@H](CO)[C@@H](O)[C@H](O)[C@H]4O)C(C)(C)[C@@H]3[C@@H](O)C[C@]12C. The van der Waals surface area contributed by atoms with Gasteiger partial charge in [0, 0.05) is 0 Å². The van der Waals surface area contributed by atoms with Crippen LogP contribution in [-0.4, -0.2) is 255 Å². The molecule has 0 amide bonds. The zero-order valence-electron chi connectivity index (χ0n) is 46.1. The Kier molecular flexibility index (Phi) is 19.1. The molecule has 452 valence electrons. The van der Waals surface area contributed by atoms with Crippen molar-refractivity contribution in [2.24, 2.45) is 45.3 Å². The van der Waals surface area contributed by atoms with Crippen molar-refractivity contribution in [2.75, 3.05) is 26.4 Å². The highest BCUT2D eigenvalue weighted by molar-refractivity contribution is 5.22. The number of hydrogen-bond donors (Lipinski definition) is 16. The Balaban J connectivity index is 1.03. The van der Waals surface area contributed by atoms with Crippen molar-refractivity contribution in [2.45, 2.75) is 253 Å². The van der Waals surface area contributed by atoms with E-state index in [4.69, 9.17) is 37.9 Å². The van der Waals surface area contributed by atoms with Gasteiger partial charge in [-0.2, -0.15) is 0 Å². The molecule has 78 heavy (non-hydrogen) atoms. The van der Waals surface area contributed by atoms with Gasteiger partial charge in [-0.15, -0.1) is 0 Å². The minimum atomic E-state index is -1.85. The van der Waals surface area contributed by atoms with E-state index in [1.807, 2.05) is 34.6 Å². The van der Waals surface area contributed by atoms with Gasteiger partial charge in [-0.1, -0.05) is 46.3 Å². The zero-order valence-corrected chi connectivity index (χ0v) is 46.1. The van der Waals surface area contributed by atoms with Crippen molar-refractivity contribution in [3.8, 4) is 0 Å². The first-order valence-corrected chi connectivity index (χ1v) is 28.0. The van der Waals surface area contributed by atoms with Crippen LogP contribution in [-0.2, 0) is 37.9 Å². The third-order valence-corrected chi connectivity index (χ3v) is 20.8. The first-order valence-electron chi connectivity index (χ1n) is 28.0. The van der Waals surface area contributed by atoms with Crippen LogP contribution in [0.2, 0.25) is 0 Å². The normalized spacial score (nSPS) is 53.1. The molecule has 0 aromatic carbocycles. The molecule has 0 unspecified atom stereocenters. The predicted molar refractivity (Wildman–Crippen MR) is 268 cm³/mol. The first-order chi connectivity index (χ1) is 36.5. The van der Waals surface area contributed by atoms with Gasteiger partial charge in [0.15, 0.2) is 25.2 Å². The molecular weight excluding hydrogens is 1030 g/mol. The van der Waals surface area contributed by atoms with Crippen LogP contribution in [0.4, 0.5) is 0 Å². The topological polar surface area (TPSA) is 398 Å². The lowest BCUT2D eigenvalue weighted by Crippen LogP contribution is -2.70. The van der Waals surface area contributed by atoms with E-state index in [9.17, 15) is 81.7 Å². The van der Waals surface area contributed by atoms with Crippen molar-refractivity contribution in [3.05, 3.63) is 11.6 Å². The highest BCUT2D eigenvalue weighted by Crippen LogP contribution is 2.76. The molecule has 24 nitrogen and oxygen atoms in total. The fraction of sp³-hybridized carbons (Fsp3) is 0.963. The molecule has 8 fully saturated rings. The van der Waals surface area contributed by atoms with Gasteiger partial charge in [-0.3, -0.25) is 0 Å². The summed E-state index contributed by atoms with van der Waals surface area (Å²) in [5.41, 5.74) is -2.71. The summed E-state index contributed by atoms with van der Waals surface area (Å²) in [7, 11) is 0. The summed E-state index contributed by atoms with van der Waals surface area (Å²) in [5.74, 6) is -1.34. The maximum absolute atomic E-state index is 12.8. The molecule has 4 saturated carbocycles. The first kappa shape index (κ1) is 62.8. The van der Waals surface area contributed by atoms with Crippen LogP contribution in [0.5, 0.6) is 0 Å². The van der Waals surface area contributed by atoms with Gasteiger partial charge >= 0.3 is 0 Å². The third kappa shape index (κ3) is 10.8. The molecule has 31 atom stereocenters. The Hall–Kier alpha value is -1.22. The van der Waals surface area contributed by atoms with Crippen molar-refractivity contribution < 1.29 is 120 Å².